The van der Waals surface area contributed by atoms with Crippen molar-refractivity contribution in [2.45, 2.75) is 52.6 Å². The molecule has 0 aliphatic carbocycles. The molecule has 1 atom stereocenters. The van der Waals surface area contributed by atoms with Crippen LogP contribution in [-0.2, 0) is 16.1 Å². The average Bonchev–Trinajstić information content (AvgIpc) is 2.78. The molecule has 168 valence electrons. The minimum Gasteiger partial charge on any atom is -0.497 e. The Morgan fingerprint density at radius 2 is 1.71 bits per heavy atom. The van der Waals surface area contributed by atoms with Gasteiger partial charge in [-0.2, -0.15) is 0 Å². The third-order valence-corrected chi connectivity index (χ3v) is 5.20. The zero-order valence-electron chi connectivity index (χ0n) is 19.0. The lowest BCUT2D eigenvalue weighted by atomic mass is 10.1. The monoisotopic (exact) mass is 426 g/mol. The van der Waals surface area contributed by atoms with Gasteiger partial charge in [0, 0.05) is 19.5 Å². The van der Waals surface area contributed by atoms with Crippen LogP contribution < -0.4 is 14.8 Å². The first-order valence-electron chi connectivity index (χ1n) is 10.9. The molecule has 0 bridgehead atoms. The molecule has 0 unspecified atom stereocenters. The molecule has 1 N–H and O–H groups in total. The van der Waals surface area contributed by atoms with Crippen LogP contribution in [-0.4, -0.2) is 43.0 Å². The molecule has 0 saturated carbocycles. The van der Waals surface area contributed by atoms with Gasteiger partial charge in [0.2, 0.25) is 11.8 Å². The Bertz CT molecular complexity index is 836. The van der Waals surface area contributed by atoms with Gasteiger partial charge in [-0.15, -0.1) is 0 Å². The third-order valence-electron chi connectivity index (χ3n) is 5.20. The minimum atomic E-state index is -0.491. The van der Waals surface area contributed by atoms with Crippen molar-refractivity contribution >= 4 is 11.8 Å². The molecule has 6 nitrogen and oxygen atoms in total. The maximum absolute atomic E-state index is 13.1. The smallest absolute Gasteiger partial charge is 0.242 e. The van der Waals surface area contributed by atoms with E-state index in [9.17, 15) is 9.59 Å². The zero-order chi connectivity index (χ0) is 22.6. The summed E-state index contributed by atoms with van der Waals surface area (Å²) in [6, 6.07) is 14.8. The summed E-state index contributed by atoms with van der Waals surface area (Å²) in [5.41, 5.74) is 2.15. The maximum Gasteiger partial charge on any atom is 0.242 e. The molecule has 0 aliphatic heterocycles. The molecule has 0 spiro atoms. The second kappa shape index (κ2) is 12.6. The van der Waals surface area contributed by atoms with Crippen molar-refractivity contribution in [3.63, 3.8) is 0 Å². The summed E-state index contributed by atoms with van der Waals surface area (Å²) >= 11 is 0. The summed E-state index contributed by atoms with van der Waals surface area (Å²) in [4.78, 5) is 27.5. The number of likely N-dealkylation sites (N-methyl/N-ethyl adjacent to an activating group) is 1. The average molecular weight is 427 g/mol. The van der Waals surface area contributed by atoms with Crippen LogP contribution >= 0.6 is 0 Å². The van der Waals surface area contributed by atoms with Gasteiger partial charge in [-0.05, 0) is 62.1 Å². The van der Waals surface area contributed by atoms with Crippen molar-refractivity contribution in [1.29, 1.82) is 0 Å². The first kappa shape index (κ1) is 24.3. The molecular formula is C25H34N2O4. The predicted molar refractivity (Wildman–Crippen MR) is 122 cm³/mol. The van der Waals surface area contributed by atoms with Gasteiger partial charge in [0.1, 0.15) is 17.5 Å². The van der Waals surface area contributed by atoms with E-state index in [4.69, 9.17) is 9.47 Å². The number of methoxy groups -OCH3 is 1. The van der Waals surface area contributed by atoms with Crippen LogP contribution in [0.5, 0.6) is 11.5 Å². The number of carbonyl (C=O) groups excluding carboxylic acids is 2. The van der Waals surface area contributed by atoms with Crippen LogP contribution in [0, 0.1) is 6.92 Å². The van der Waals surface area contributed by atoms with Crippen molar-refractivity contribution in [3.05, 3.63) is 59.7 Å². The van der Waals surface area contributed by atoms with Crippen LogP contribution in [0.1, 0.15) is 44.2 Å². The fraction of sp³-hybridized carbons (Fsp3) is 0.440. The lowest BCUT2D eigenvalue weighted by Gasteiger charge is -2.31. The number of carbonyl (C=O) groups is 2. The largest absolute Gasteiger partial charge is 0.497 e. The highest BCUT2D eigenvalue weighted by molar-refractivity contribution is 5.87. The topological polar surface area (TPSA) is 67.9 Å². The summed E-state index contributed by atoms with van der Waals surface area (Å²) in [5, 5.41) is 2.86. The van der Waals surface area contributed by atoms with Gasteiger partial charge in [-0.1, -0.05) is 31.2 Å². The van der Waals surface area contributed by atoms with Crippen LogP contribution in [0.3, 0.4) is 0 Å². The van der Waals surface area contributed by atoms with Gasteiger partial charge in [0.15, 0.2) is 0 Å². The van der Waals surface area contributed by atoms with Gasteiger partial charge in [0.25, 0.3) is 0 Å². The Labute approximate surface area is 185 Å². The fourth-order valence-electron chi connectivity index (χ4n) is 3.41. The zero-order valence-corrected chi connectivity index (χ0v) is 19.0. The maximum atomic E-state index is 13.1. The summed E-state index contributed by atoms with van der Waals surface area (Å²) in [5.74, 6) is 1.35. The van der Waals surface area contributed by atoms with Gasteiger partial charge >= 0.3 is 0 Å². The highest BCUT2D eigenvalue weighted by Crippen LogP contribution is 2.19. The lowest BCUT2D eigenvalue weighted by Crippen LogP contribution is -2.49. The SMILES string of the molecule is CCNC(=O)[C@H](CC)N(Cc1ccccc1C)C(=O)CCCOc1ccc(OC)cc1. The summed E-state index contributed by atoms with van der Waals surface area (Å²) in [6.45, 7) is 7.22. The van der Waals surface area contributed by atoms with Gasteiger partial charge in [-0.25, -0.2) is 0 Å². The number of nitrogens with one attached hydrogen (secondary N) is 1. The summed E-state index contributed by atoms with van der Waals surface area (Å²) in [7, 11) is 1.62. The molecule has 0 aromatic heterocycles. The van der Waals surface area contributed by atoms with E-state index in [2.05, 4.69) is 5.32 Å². The van der Waals surface area contributed by atoms with E-state index < -0.39 is 6.04 Å². The van der Waals surface area contributed by atoms with E-state index >= 15 is 0 Å². The Morgan fingerprint density at radius 1 is 1.03 bits per heavy atom. The number of aryl methyl sites for hydroxylation is 1. The van der Waals surface area contributed by atoms with E-state index in [1.165, 1.54) is 0 Å². The Kier molecular flexibility index (Phi) is 9.88. The molecule has 2 rings (SSSR count). The number of amides is 2. The molecule has 0 saturated heterocycles. The molecule has 2 amide bonds. The van der Waals surface area contributed by atoms with Crippen LogP contribution in [0.15, 0.2) is 48.5 Å². The first-order chi connectivity index (χ1) is 15.0. The summed E-state index contributed by atoms with van der Waals surface area (Å²) < 4.78 is 10.9. The molecule has 0 radical (unpaired) electrons. The number of hydrogen-bond acceptors (Lipinski definition) is 4. The number of benzene rings is 2. The van der Waals surface area contributed by atoms with Crippen molar-refractivity contribution in [2.24, 2.45) is 0 Å². The molecule has 0 heterocycles. The van der Waals surface area contributed by atoms with Crippen molar-refractivity contribution < 1.29 is 19.1 Å². The Hall–Kier alpha value is -3.02. The van der Waals surface area contributed by atoms with Crippen molar-refractivity contribution in [1.82, 2.24) is 10.2 Å². The van der Waals surface area contributed by atoms with E-state index in [0.29, 0.717) is 39.0 Å². The molecule has 6 heteroatoms. The highest BCUT2D eigenvalue weighted by Gasteiger charge is 2.28. The highest BCUT2D eigenvalue weighted by atomic mass is 16.5. The molecule has 2 aromatic carbocycles. The van der Waals surface area contributed by atoms with Crippen molar-refractivity contribution in [3.8, 4) is 11.5 Å². The van der Waals surface area contributed by atoms with E-state index in [-0.39, 0.29) is 11.8 Å². The van der Waals surface area contributed by atoms with E-state index in [0.717, 1.165) is 22.6 Å². The number of hydrogen-bond donors (Lipinski definition) is 1. The predicted octanol–water partition coefficient (Wildman–Crippen LogP) is 4.11. The van der Waals surface area contributed by atoms with Gasteiger partial charge in [0.05, 0.1) is 13.7 Å². The standard InChI is InChI=1S/C25H34N2O4/c1-5-23(25(29)26-6-2)27(18-20-11-8-7-10-19(20)3)24(28)12-9-17-31-22-15-13-21(30-4)14-16-22/h7-8,10-11,13-16,23H,5-6,9,12,17-18H2,1-4H3,(H,26,29)/t23-/m0/s1. The molecule has 0 fully saturated rings. The number of rotatable bonds is 12. The molecule has 2 aromatic rings. The number of nitrogens with zero attached hydrogens (tertiary/aromatic N) is 1. The number of ether oxygens (including phenoxy) is 2. The first-order valence-corrected chi connectivity index (χ1v) is 10.9. The van der Waals surface area contributed by atoms with Crippen LogP contribution in [0.2, 0.25) is 0 Å². The molecular weight excluding hydrogens is 392 g/mol. The lowest BCUT2D eigenvalue weighted by molar-refractivity contribution is -0.141. The minimum absolute atomic E-state index is 0.0420. The normalized spacial score (nSPS) is 11.5. The van der Waals surface area contributed by atoms with Crippen LogP contribution in [0.4, 0.5) is 0 Å². The summed E-state index contributed by atoms with van der Waals surface area (Å²) in [6.07, 6.45) is 1.45. The molecule has 31 heavy (non-hydrogen) atoms. The second-order valence-corrected chi connectivity index (χ2v) is 7.39. The second-order valence-electron chi connectivity index (χ2n) is 7.39. The molecule has 0 aliphatic rings. The van der Waals surface area contributed by atoms with E-state index in [1.807, 2.05) is 69.3 Å². The fourth-order valence-corrected chi connectivity index (χ4v) is 3.41. The third kappa shape index (κ3) is 7.31. The van der Waals surface area contributed by atoms with E-state index in [1.54, 1.807) is 12.0 Å². The van der Waals surface area contributed by atoms with Gasteiger partial charge < -0.3 is 19.7 Å². The van der Waals surface area contributed by atoms with Gasteiger partial charge in [-0.3, -0.25) is 9.59 Å². The Morgan fingerprint density at radius 3 is 2.32 bits per heavy atom. The van der Waals surface area contributed by atoms with Crippen molar-refractivity contribution in [2.75, 3.05) is 20.3 Å². The van der Waals surface area contributed by atoms with Crippen LogP contribution in [0.25, 0.3) is 0 Å². The Balaban J connectivity index is 2.02. The quantitative estimate of drug-likeness (QED) is 0.519.